The van der Waals surface area contributed by atoms with Gasteiger partial charge >= 0.3 is 5.69 Å². The van der Waals surface area contributed by atoms with Crippen molar-refractivity contribution in [1.82, 2.24) is 9.13 Å². The Morgan fingerprint density at radius 1 is 1.21 bits per heavy atom. The van der Waals surface area contributed by atoms with Gasteiger partial charge in [-0.15, -0.1) is 0 Å². The first kappa shape index (κ1) is 10.7. The Bertz CT molecular complexity index is 419. The van der Waals surface area contributed by atoms with Crippen molar-refractivity contribution in [1.29, 1.82) is 0 Å². The smallest absolute Gasteiger partial charge is 0.330 e. The second kappa shape index (κ2) is 3.79. The molecule has 0 bridgehead atoms. The van der Waals surface area contributed by atoms with Crippen LogP contribution in [0.1, 0.15) is 11.3 Å². The van der Waals surface area contributed by atoms with E-state index < -0.39 is 0 Å². The lowest BCUT2D eigenvalue weighted by molar-refractivity contribution is 0.638. The molecule has 0 saturated carbocycles. The summed E-state index contributed by atoms with van der Waals surface area (Å²) in [5.74, 6) is 0. The van der Waals surface area contributed by atoms with Crippen molar-refractivity contribution in [3.05, 3.63) is 32.1 Å². The van der Waals surface area contributed by atoms with Crippen molar-refractivity contribution in [3.8, 4) is 0 Å². The Balaban J connectivity index is 3.60. The van der Waals surface area contributed by atoms with E-state index in [1.165, 1.54) is 11.6 Å². The average molecular weight is 197 g/mol. The van der Waals surface area contributed by atoms with Gasteiger partial charge in [0.2, 0.25) is 0 Å². The molecule has 0 aliphatic heterocycles. The summed E-state index contributed by atoms with van der Waals surface area (Å²) in [5.41, 5.74) is 6.19. The van der Waals surface area contributed by atoms with Crippen LogP contribution in [-0.2, 0) is 20.5 Å². The fourth-order valence-corrected chi connectivity index (χ4v) is 1.55. The molecule has 1 aromatic rings. The maximum Gasteiger partial charge on any atom is 0.330 e. The van der Waals surface area contributed by atoms with Gasteiger partial charge in [-0.25, -0.2) is 4.79 Å². The molecule has 0 fully saturated rings. The van der Waals surface area contributed by atoms with E-state index >= 15 is 0 Å². The topological polar surface area (TPSA) is 70.0 Å². The zero-order valence-corrected chi connectivity index (χ0v) is 8.70. The summed E-state index contributed by atoms with van der Waals surface area (Å²) in [4.78, 5) is 23.1. The first-order valence-electron chi connectivity index (χ1n) is 4.46. The number of rotatable bonds is 2. The standard InChI is InChI=1S/C9H15N3O2/c1-6-7(4-5-10)11(2)9(14)12(3)8(6)13/h4-5,10H2,1-3H3. The molecule has 1 rings (SSSR count). The van der Waals surface area contributed by atoms with E-state index in [0.29, 0.717) is 18.5 Å². The molecule has 14 heavy (non-hydrogen) atoms. The van der Waals surface area contributed by atoms with E-state index in [-0.39, 0.29) is 11.2 Å². The highest BCUT2D eigenvalue weighted by Gasteiger charge is 2.10. The molecule has 0 saturated heterocycles. The van der Waals surface area contributed by atoms with Gasteiger partial charge < -0.3 is 10.3 Å². The molecule has 0 atom stereocenters. The van der Waals surface area contributed by atoms with E-state index in [1.54, 1.807) is 14.0 Å². The Labute approximate surface area is 81.8 Å². The molecule has 2 N–H and O–H groups in total. The van der Waals surface area contributed by atoms with Gasteiger partial charge in [-0.05, 0) is 13.5 Å². The molecule has 1 heterocycles. The predicted octanol–water partition coefficient (Wildman–Crippen LogP) is -1.11. The molecule has 0 aliphatic carbocycles. The second-order valence-corrected chi connectivity index (χ2v) is 3.32. The second-order valence-electron chi connectivity index (χ2n) is 3.32. The minimum Gasteiger partial charge on any atom is -0.330 e. The quantitative estimate of drug-likeness (QED) is 0.654. The monoisotopic (exact) mass is 197 g/mol. The van der Waals surface area contributed by atoms with Crippen molar-refractivity contribution in [2.45, 2.75) is 13.3 Å². The molecule has 1 aromatic heterocycles. The van der Waals surface area contributed by atoms with Gasteiger partial charge in [0.1, 0.15) is 0 Å². The third-order valence-corrected chi connectivity index (χ3v) is 2.42. The van der Waals surface area contributed by atoms with Gasteiger partial charge in [-0.2, -0.15) is 0 Å². The molecular weight excluding hydrogens is 182 g/mol. The van der Waals surface area contributed by atoms with Gasteiger partial charge in [0.25, 0.3) is 5.56 Å². The Morgan fingerprint density at radius 3 is 2.29 bits per heavy atom. The maximum absolute atomic E-state index is 11.5. The highest BCUT2D eigenvalue weighted by Crippen LogP contribution is 1.98. The number of hydrogen-bond donors (Lipinski definition) is 1. The van der Waals surface area contributed by atoms with Crippen LogP contribution in [0.2, 0.25) is 0 Å². The van der Waals surface area contributed by atoms with E-state index in [2.05, 4.69) is 0 Å². The van der Waals surface area contributed by atoms with Crippen LogP contribution >= 0.6 is 0 Å². The number of hydrogen-bond acceptors (Lipinski definition) is 3. The van der Waals surface area contributed by atoms with Crippen molar-refractivity contribution >= 4 is 0 Å². The third-order valence-electron chi connectivity index (χ3n) is 2.42. The lowest BCUT2D eigenvalue weighted by atomic mass is 10.2. The van der Waals surface area contributed by atoms with E-state index in [1.807, 2.05) is 0 Å². The van der Waals surface area contributed by atoms with Crippen LogP contribution in [-0.4, -0.2) is 15.7 Å². The predicted molar refractivity (Wildman–Crippen MR) is 54.4 cm³/mol. The maximum atomic E-state index is 11.5. The van der Waals surface area contributed by atoms with Crippen molar-refractivity contribution in [3.63, 3.8) is 0 Å². The summed E-state index contributed by atoms with van der Waals surface area (Å²) in [5, 5.41) is 0. The number of nitrogens with zero attached hydrogens (tertiary/aromatic N) is 2. The van der Waals surface area contributed by atoms with E-state index in [9.17, 15) is 9.59 Å². The summed E-state index contributed by atoms with van der Waals surface area (Å²) < 4.78 is 2.58. The Kier molecular flexibility index (Phi) is 2.90. The molecule has 0 radical (unpaired) electrons. The molecule has 0 aliphatic rings. The van der Waals surface area contributed by atoms with Crippen molar-refractivity contribution in [2.24, 2.45) is 19.8 Å². The summed E-state index contributed by atoms with van der Waals surface area (Å²) >= 11 is 0. The SMILES string of the molecule is Cc1c(CCN)n(C)c(=O)n(C)c1=O. The van der Waals surface area contributed by atoms with Crippen LogP contribution < -0.4 is 17.0 Å². The lowest BCUT2D eigenvalue weighted by Gasteiger charge is -2.11. The summed E-state index contributed by atoms with van der Waals surface area (Å²) in [6, 6.07) is 0. The third kappa shape index (κ3) is 1.50. The van der Waals surface area contributed by atoms with E-state index in [4.69, 9.17) is 5.73 Å². The molecule has 0 aromatic carbocycles. The summed E-state index contributed by atoms with van der Waals surface area (Å²) in [6.45, 7) is 2.15. The number of aromatic nitrogens is 2. The van der Waals surface area contributed by atoms with E-state index in [0.717, 1.165) is 10.3 Å². The fraction of sp³-hybridized carbons (Fsp3) is 0.556. The van der Waals surface area contributed by atoms with Crippen molar-refractivity contribution in [2.75, 3.05) is 6.54 Å². The van der Waals surface area contributed by atoms with Gasteiger partial charge in [-0.1, -0.05) is 0 Å². The molecule has 0 amide bonds. The zero-order chi connectivity index (χ0) is 10.9. The molecule has 0 spiro atoms. The summed E-state index contributed by atoms with van der Waals surface area (Å²) in [7, 11) is 3.13. The molecule has 5 heteroatoms. The van der Waals surface area contributed by atoms with Gasteiger partial charge in [0, 0.05) is 31.8 Å². The summed E-state index contributed by atoms with van der Waals surface area (Å²) in [6.07, 6.45) is 0.549. The normalized spacial score (nSPS) is 10.6. The zero-order valence-electron chi connectivity index (χ0n) is 8.70. The Hall–Kier alpha value is -1.36. The van der Waals surface area contributed by atoms with Crippen LogP contribution in [0.15, 0.2) is 9.59 Å². The molecule has 5 nitrogen and oxygen atoms in total. The largest absolute Gasteiger partial charge is 0.330 e. The highest BCUT2D eigenvalue weighted by molar-refractivity contribution is 5.16. The first-order valence-corrected chi connectivity index (χ1v) is 4.46. The first-order chi connectivity index (χ1) is 6.50. The Morgan fingerprint density at radius 2 is 1.79 bits per heavy atom. The van der Waals surface area contributed by atoms with Crippen LogP contribution in [0.25, 0.3) is 0 Å². The van der Waals surface area contributed by atoms with Crippen LogP contribution in [0.3, 0.4) is 0 Å². The lowest BCUT2D eigenvalue weighted by Crippen LogP contribution is -2.40. The average Bonchev–Trinajstić information content (AvgIpc) is 2.19. The minimum absolute atomic E-state index is 0.239. The van der Waals surface area contributed by atoms with Crippen molar-refractivity contribution < 1.29 is 0 Å². The molecular formula is C9H15N3O2. The minimum atomic E-state index is -0.302. The fourth-order valence-electron chi connectivity index (χ4n) is 1.55. The molecule has 78 valence electrons. The van der Waals surface area contributed by atoms with Gasteiger partial charge in [0.15, 0.2) is 0 Å². The van der Waals surface area contributed by atoms with Crippen LogP contribution in [0.4, 0.5) is 0 Å². The van der Waals surface area contributed by atoms with Crippen LogP contribution in [0.5, 0.6) is 0 Å². The molecule has 0 unspecified atom stereocenters. The van der Waals surface area contributed by atoms with Gasteiger partial charge in [-0.3, -0.25) is 9.36 Å². The van der Waals surface area contributed by atoms with Crippen LogP contribution in [0, 0.1) is 6.92 Å². The number of nitrogens with two attached hydrogens (primary N) is 1. The van der Waals surface area contributed by atoms with Gasteiger partial charge in [0.05, 0.1) is 0 Å². The highest BCUT2D eigenvalue weighted by atomic mass is 16.2.